The molecule has 0 spiro atoms. The lowest BCUT2D eigenvalue weighted by molar-refractivity contribution is -0.130. The predicted octanol–water partition coefficient (Wildman–Crippen LogP) is 3.74. The fraction of sp³-hybridized carbons (Fsp3) is 0.292. The van der Waals surface area contributed by atoms with Crippen molar-refractivity contribution >= 4 is 45.7 Å². The number of hydrogen-bond acceptors (Lipinski definition) is 6. The lowest BCUT2D eigenvalue weighted by atomic mass is 10.0. The number of fused-ring (bicyclic) bond motifs is 1. The number of carbonyl (C=O) groups excluding carboxylic acids is 2. The fourth-order valence-electron chi connectivity index (χ4n) is 4.34. The van der Waals surface area contributed by atoms with Crippen molar-refractivity contribution in [2.45, 2.75) is 25.4 Å². The number of carbonyl (C=O) groups is 2. The van der Waals surface area contributed by atoms with Gasteiger partial charge in [-0.05, 0) is 37.1 Å². The third-order valence-corrected chi connectivity index (χ3v) is 7.34. The van der Waals surface area contributed by atoms with Crippen LogP contribution in [-0.2, 0) is 11.3 Å². The van der Waals surface area contributed by atoms with Crippen LogP contribution in [0.2, 0.25) is 4.34 Å². The number of likely N-dealkylation sites (tertiary alicyclic amines) is 1. The van der Waals surface area contributed by atoms with Crippen LogP contribution in [0.15, 0.2) is 53.1 Å². The standard InChI is InChI=1S/C24H24ClN5O3S/c25-22-6-5-21(34-22)20-12-17(28-33-20)14-30-18-4-2-1-3-15(18)11-19(30)24(32)27-16-7-9-29(10-8-16)23(31)13-26/h1-6,11-12,16H,7-10,13-14,26H2,(H,27,32). The minimum atomic E-state index is -0.145. The average molecular weight is 498 g/mol. The van der Waals surface area contributed by atoms with Crippen LogP contribution in [0.1, 0.15) is 29.0 Å². The molecule has 3 aromatic heterocycles. The summed E-state index contributed by atoms with van der Waals surface area (Å²) >= 11 is 7.47. The molecule has 1 saturated heterocycles. The Morgan fingerprint density at radius 3 is 2.71 bits per heavy atom. The van der Waals surface area contributed by atoms with Gasteiger partial charge in [-0.15, -0.1) is 11.3 Å². The van der Waals surface area contributed by atoms with E-state index in [1.807, 2.05) is 53.1 Å². The van der Waals surface area contributed by atoms with Crippen molar-refractivity contribution in [1.29, 1.82) is 0 Å². The normalized spacial score (nSPS) is 14.6. The Bertz CT molecular complexity index is 1340. The van der Waals surface area contributed by atoms with Gasteiger partial charge in [0.05, 0.1) is 22.3 Å². The van der Waals surface area contributed by atoms with Gasteiger partial charge in [-0.1, -0.05) is 35.0 Å². The van der Waals surface area contributed by atoms with Crippen LogP contribution in [0, 0.1) is 0 Å². The number of para-hydroxylation sites is 1. The Labute approximate surface area is 205 Å². The van der Waals surface area contributed by atoms with Gasteiger partial charge in [0, 0.05) is 36.1 Å². The average Bonchev–Trinajstić information content (AvgIpc) is 3.58. The number of halogens is 1. The molecule has 0 aliphatic carbocycles. The summed E-state index contributed by atoms with van der Waals surface area (Å²) in [5.74, 6) is 0.448. The van der Waals surface area contributed by atoms with Crippen molar-refractivity contribution < 1.29 is 14.1 Å². The molecule has 1 aliphatic rings. The second-order valence-corrected chi connectivity index (χ2v) is 10.0. The van der Waals surface area contributed by atoms with E-state index in [0.717, 1.165) is 15.8 Å². The van der Waals surface area contributed by atoms with E-state index in [4.69, 9.17) is 21.9 Å². The number of piperidine rings is 1. The van der Waals surface area contributed by atoms with Crippen LogP contribution in [0.25, 0.3) is 21.5 Å². The van der Waals surface area contributed by atoms with Gasteiger partial charge in [-0.25, -0.2) is 0 Å². The van der Waals surface area contributed by atoms with E-state index in [2.05, 4.69) is 10.5 Å². The summed E-state index contributed by atoms with van der Waals surface area (Å²) in [6.07, 6.45) is 1.40. The number of nitrogens with zero attached hydrogens (tertiary/aromatic N) is 3. The molecule has 0 unspecified atom stereocenters. The molecule has 0 bridgehead atoms. The first kappa shape index (κ1) is 22.6. The van der Waals surface area contributed by atoms with Crippen LogP contribution in [0.4, 0.5) is 0 Å². The first-order valence-corrected chi connectivity index (χ1v) is 12.3. The van der Waals surface area contributed by atoms with Crippen molar-refractivity contribution in [3.63, 3.8) is 0 Å². The Kier molecular flexibility index (Phi) is 6.40. The van der Waals surface area contributed by atoms with E-state index in [0.29, 0.717) is 54.0 Å². The molecule has 4 aromatic rings. The molecular weight excluding hydrogens is 474 g/mol. The minimum absolute atomic E-state index is 0.00279. The van der Waals surface area contributed by atoms with Gasteiger partial charge in [0.2, 0.25) is 5.91 Å². The van der Waals surface area contributed by atoms with Crippen LogP contribution >= 0.6 is 22.9 Å². The molecule has 1 aliphatic heterocycles. The highest BCUT2D eigenvalue weighted by molar-refractivity contribution is 7.19. The topological polar surface area (TPSA) is 106 Å². The molecule has 8 nitrogen and oxygen atoms in total. The largest absolute Gasteiger partial charge is 0.355 e. The zero-order valence-corrected chi connectivity index (χ0v) is 19.9. The van der Waals surface area contributed by atoms with E-state index in [-0.39, 0.29) is 24.4 Å². The Morgan fingerprint density at radius 1 is 1.18 bits per heavy atom. The molecule has 1 aromatic carbocycles. The fourth-order valence-corrected chi connectivity index (χ4v) is 5.33. The van der Waals surface area contributed by atoms with E-state index in [1.54, 1.807) is 4.90 Å². The maximum absolute atomic E-state index is 13.3. The van der Waals surface area contributed by atoms with Gasteiger partial charge in [-0.3, -0.25) is 9.59 Å². The van der Waals surface area contributed by atoms with Gasteiger partial charge in [0.1, 0.15) is 11.4 Å². The summed E-state index contributed by atoms with van der Waals surface area (Å²) in [5, 5.41) is 8.35. The molecule has 0 saturated carbocycles. The minimum Gasteiger partial charge on any atom is -0.355 e. The Hall–Kier alpha value is -3.14. The highest BCUT2D eigenvalue weighted by Gasteiger charge is 2.25. The number of rotatable bonds is 6. The number of thiophene rings is 1. The zero-order valence-electron chi connectivity index (χ0n) is 18.4. The van der Waals surface area contributed by atoms with Crippen LogP contribution in [0.5, 0.6) is 0 Å². The number of amides is 2. The predicted molar refractivity (Wildman–Crippen MR) is 132 cm³/mol. The van der Waals surface area contributed by atoms with Crippen LogP contribution in [-0.4, -0.2) is 52.1 Å². The molecule has 1 fully saturated rings. The van der Waals surface area contributed by atoms with E-state index in [1.165, 1.54) is 11.3 Å². The van der Waals surface area contributed by atoms with E-state index >= 15 is 0 Å². The maximum atomic E-state index is 13.3. The number of nitrogens with one attached hydrogen (secondary N) is 1. The smallest absolute Gasteiger partial charge is 0.268 e. The summed E-state index contributed by atoms with van der Waals surface area (Å²) in [6, 6.07) is 15.4. The number of nitrogens with two attached hydrogens (primary N) is 1. The summed E-state index contributed by atoms with van der Waals surface area (Å²) in [5.41, 5.74) is 7.68. The quantitative estimate of drug-likeness (QED) is 0.422. The van der Waals surface area contributed by atoms with Gasteiger partial charge in [0.15, 0.2) is 5.76 Å². The molecule has 34 heavy (non-hydrogen) atoms. The van der Waals surface area contributed by atoms with Gasteiger partial charge >= 0.3 is 0 Å². The lowest BCUT2D eigenvalue weighted by Crippen LogP contribution is -2.48. The van der Waals surface area contributed by atoms with Crippen molar-refractivity contribution in [3.8, 4) is 10.6 Å². The molecule has 0 atom stereocenters. The zero-order chi connectivity index (χ0) is 23.7. The Morgan fingerprint density at radius 2 is 1.97 bits per heavy atom. The second kappa shape index (κ2) is 9.61. The lowest BCUT2D eigenvalue weighted by Gasteiger charge is -2.32. The van der Waals surface area contributed by atoms with Crippen LogP contribution < -0.4 is 11.1 Å². The summed E-state index contributed by atoms with van der Waals surface area (Å²) < 4.78 is 8.17. The molecule has 10 heteroatoms. The molecule has 0 radical (unpaired) electrons. The molecule has 3 N–H and O–H groups in total. The summed E-state index contributed by atoms with van der Waals surface area (Å²) in [7, 11) is 0. The van der Waals surface area contributed by atoms with Crippen molar-refractivity contribution in [3.05, 3.63) is 64.3 Å². The SMILES string of the molecule is NCC(=O)N1CCC(NC(=O)c2cc3ccccc3n2Cc2cc(-c3ccc(Cl)s3)on2)CC1. The molecule has 5 rings (SSSR count). The molecule has 2 amide bonds. The third kappa shape index (κ3) is 4.59. The Balaban J connectivity index is 1.36. The van der Waals surface area contributed by atoms with Crippen molar-refractivity contribution in [2.24, 2.45) is 5.73 Å². The molecule has 176 valence electrons. The van der Waals surface area contributed by atoms with Gasteiger partial charge in [-0.2, -0.15) is 0 Å². The highest BCUT2D eigenvalue weighted by Crippen LogP contribution is 2.32. The maximum Gasteiger partial charge on any atom is 0.268 e. The van der Waals surface area contributed by atoms with Gasteiger partial charge in [0.25, 0.3) is 5.91 Å². The first-order chi connectivity index (χ1) is 16.5. The summed E-state index contributed by atoms with van der Waals surface area (Å²) in [4.78, 5) is 27.8. The number of benzene rings is 1. The molecule has 4 heterocycles. The van der Waals surface area contributed by atoms with E-state index in [9.17, 15) is 9.59 Å². The number of aromatic nitrogens is 2. The van der Waals surface area contributed by atoms with Crippen molar-refractivity contribution in [1.82, 2.24) is 19.9 Å². The molecular formula is C24H24ClN5O3S. The van der Waals surface area contributed by atoms with Crippen LogP contribution in [0.3, 0.4) is 0 Å². The summed E-state index contributed by atoms with van der Waals surface area (Å²) in [6.45, 7) is 1.60. The third-order valence-electron chi connectivity index (χ3n) is 6.10. The highest BCUT2D eigenvalue weighted by atomic mass is 35.5. The van der Waals surface area contributed by atoms with Gasteiger partial charge < -0.3 is 25.0 Å². The van der Waals surface area contributed by atoms with Crippen molar-refractivity contribution in [2.75, 3.05) is 19.6 Å². The monoisotopic (exact) mass is 497 g/mol. The second-order valence-electron chi connectivity index (χ2n) is 8.29. The first-order valence-electron chi connectivity index (χ1n) is 11.1. The number of hydrogen-bond donors (Lipinski definition) is 2. The van der Waals surface area contributed by atoms with E-state index < -0.39 is 0 Å².